The van der Waals surface area contributed by atoms with E-state index in [1.54, 1.807) is 102 Å². The molecule has 4 fully saturated rings. The van der Waals surface area contributed by atoms with Gasteiger partial charge in [0.25, 0.3) is 0 Å². The van der Waals surface area contributed by atoms with Crippen LogP contribution in [0, 0.1) is 28.6 Å². The van der Waals surface area contributed by atoms with E-state index in [1.165, 1.54) is 6.92 Å². The second kappa shape index (κ2) is 15.4. The molecule has 2 aromatic rings. The van der Waals surface area contributed by atoms with Gasteiger partial charge in [-0.3, -0.25) is 14.4 Å². The molecule has 1 spiro atoms. The minimum Gasteiger partial charge on any atom is -0.456 e. The monoisotopic (exact) mass is 831 g/mol. The van der Waals surface area contributed by atoms with Crippen LogP contribution in [0.2, 0.25) is 0 Å². The van der Waals surface area contributed by atoms with Crippen LogP contribution in [0.25, 0.3) is 0 Å². The number of aliphatic hydroxyl groups is 2. The van der Waals surface area contributed by atoms with Crippen molar-refractivity contribution in [2.75, 3.05) is 0 Å². The van der Waals surface area contributed by atoms with Crippen LogP contribution in [0.5, 0.6) is 0 Å². The van der Waals surface area contributed by atoms with Crippen LogP contribution in [0.1, 0.15) is 96.6 Å². The fourth-order valence-electron chi connectivity index (χ4n) is 10.3. The van der Waals surface area contributed by atoms with Crippen LogP contribution in [0.3, 0.4) is 0 Å². The lowest BCUT2D eigenvalue weighted by Crippen LogP contribution is -2.72. The summed E-state index contributed by atoms with van der Waals surface area (Å²) in [6.07, 6.45) is -8.77. The lowest BCUT2D eigenvalue weighted by Gasteiger charge is -2.62. The fraction of sp³-hybridized carbons (Fsp3) is 0.556. The third-order valence-corrected chi connectivity index (χ3v) is 13.1. The molecular weight excluding hydrogens is 778 g/mol. The second-order valence-corrected chi connectivity index (χ2v) is 18.2. The molecule has 15 nitrogen and oxygen atoms in total. The number of nitrogens with one attached hydrogen (secondary N) is 1. The van der Waals surface area contributed by atoms with E-state index >= 15 is 4.79 Å². The molecule has 0 radical (unpaired) electrons. The number of benzene rings is 2. The van der Waals surface area contributed by atoms with Crippen molar-refractivity contribution in [2.45, 2.75) is 129 Å². The van der Waals surface area contributed by atoms with Crippen molar-refractivity contribution in [2.24, 2.45) is 28.6 Å². The van der Waals surface area contributed by atoms with Crippen LogP contribution in [-0.2, 0) is 47.6 Å². The quantitative estimate of drug-likeness (QED) is 0.178. The zero-order valence-electron chi connectivity index (χ0n) is 35.0. The summed E-state index contributed by atoms with van der Waals surface area (Å²) in [4.78, 5) is 82.1. The van der Waals surface area contributed by atoms with Crippen LogP contribution in [-0.4, -0.2) is 94.0 Å². The third-order valence-electron chi connectivity index (χ3n) is 13.1. The Morgan fingerprint density at radius 3 is 2.10 bits per heavy atom. The molecule has 1 saturated heterocycles. The van der Waals surface area contributed by atoms with Gasteiger partial charge in [-0.25, -0.2) is 14.4 Å². The molecule has 4 aliphatic carbocycles. The van der Waals surface area contributed by atoms with Gasteiger partial charge in [0.2, 0.25) is 6.29 Å². The topological polar surface area (TPSA) is 210 Å². The minimum absolute atomic E-state index is 0.151. The molecule has 322 valence electrons. The predicted octanol–water partition coefficient (Wildman–Crippen LogP) is 4.67. The molecule has 7 rings (SSSR count). The maximum absolute atomic E-state index is 15.4. The number of aliphatic hydroxyl groups excluding tert-OH is 1. The molecule has 0 aromatic heterocycles. The molecule has 1 heterocycles. The summed E-state index contributed by atoms with van der Waals surface area (Å²) in [5.74, 6) is -5.97. The number of rotatable bonds is 9. The van der Waals surface area contributed by atoms with Gasteiger partial charge in [0, 0.05) is 37.0 Å². The first-order chi connectivity index (χ1) is 28.1. The van der Waals surface area contributed by atoms with Crippen molar-refractivity contribution < 1.29 is 67.4 Å². The number of hydrogen-bond acceptors (Lipinski definition) is 14. The van der Waals surface area contributed by atoms with Crippen molar-refractivity contribution >= 4 is 35.8 Å². The maximum atomic E-state index is 15.4. The van der Waals surface area contributed by atoms with E-state index in [2.05, 4.69) is 5.32 Å². The molecule has 2 aromatic carbocycles. The summed E-state index contributed by atoms with van der Waals surface area (Å²) in [6.45, 7) is 12.2. The highest BCUT2D eigenvalue weighted by atomic mass is 16.7. The maximum Gasteiger partial charge on any atom is 0.408 e. The molecule has 3 N–H and O–H groups in total. The number of hydrogen-bond donors (Lipinski definition) is 3. The lowest BCUT2D eigenvalue weighted by atomic mass is 9.49. The molecule has 15 heteroatoms. The Balaban J connectivity index is 1.35. The summed E-state index contributed by atoms with van der Waals surface area (Å²) in [5, 5.41) is 27.9. The largest absolute Gasteiger partial charge is 0.456 e. The van der Waals surface area contributed by atoms with Gasteiger partial charge in [-0.05, 0) is 75.3 Å². The standard InChI is InChI=1S/C45H53NO14/c1-22-29(57-39(52)34(49)33(25-15-11-9-12-16-25)46-41(53)60-42(4,5)6)21-45(54)37(59-38(51)26-17-13-10-14-18-26)32-30-28(58-40(30)56-24(3)48)19-27-20-44(27,32)36(50)35(55-23(2)47)31(22)43(45,7)8/h9-18,27-30,32-35,37,40,49,54H,19-21H2,1-8H3,(H,46,53)/t27-,28-,29+,30-,32?,33+,34-,35-,37+,40?,44-,45-/m1/s1. The number of carbonyl (C=O) groups is 6. The Labute approximate surface area is 348 Å². The smallest absolute Gasteiger partial charge is 0.408 e. The van der Waals surface area contributed by atoms with Crippen LogP contribution >= 0.6 is 0 Å². The predicted molar refractivity (Wildman–Crippen MR) is 209 cm³/mol. The zero-order valence-corrected chi connectivity index (χ0v) is 35.0. The summed E-state index contributed by atoms with van der Waals surface area (Å²) >= 11 is 0. The average Bonchev–Trinajstić information content (AvgIpc) is 3.90. The van der Waals surface area contributed by atoms with E-state index < -0.39 is 119 Å². The molecule has 60 heavy (non-hydrogen) atoms. The van der Waals surface area contributed by atoms with Crippen LogP contribution in [0.4, 0.5) is 4.79 Å². The highest BCUT2D eigenvalue weighted by Gasteiger charge is 2.80. The SMILES string of the molecule is CC(=O)OC1O[C@@H]2C[C@@H]3C[C@@]34C(=O)[C@H](OC(C)=O)C3=C(C)[C@@H](OC(=O)[C@H](O)[C@@H](NC(=O)OC(C)(C)C)c5ccccc5)C[C@@](O)([C@@H](OC(=O)c5ccccc5)C4[C@H]12)C3(C)C. The summed E-state index contributed by atoms with van der Waals surface area (Å²) in [6, 6.07) is 15.0. The van der Waals surface area contributed by atoms with E-state index in [4.69, 9.17) is 28.4 Å². The van der Waals surface area contributed by atoms with Crippen LogP contribution in [0.15, 0.2) is 71.8 Å². The van der Waals surface area contributed by atoms with Crippen molar-refractivity contribution in [3.8, 4) is 0 Å². The number of esters is 4. The first kappa shape index (κ1) is 43.0. The molecule has 2 bridgehead atoms. The number of Topliss-reactive ketones (excluding diaryl/α,β-unsaturated/α-hetero) is 1. The Hall–Kier alpha value is -5.12. The normalized spacial score (nSPS) is 33.3. The van der Waals surface area contributed by atoms with E-state index in [1.807, 2.05) is 0 Å². The number of carbonyl (C=O) groups excluding carboxylic acids is 6. The first-order valence-electron chi connectivity index (χ1n) is 20.3. The number of fused-ring (bicyclic) bond motifs is 4. The van der Waals surface area contributed by atoms with Gasteiger partial charge >= 0.3 is 30.0 Å². The first-order valence-corrected chi connectivity index (χ1v) is 20.3. The number of ether oxygens (including phenoxy) is 6. The van der Waals surface area contributed by atoms with Crippen LogP contribution < -0.4 is 5.32 Å². The summed E-state index contributed by atoms with van der Waals surface area (Å²) in [5.41, 5.74) is -4.96. The van der Waals surface area contributed by atoms with Gasteiger partial charge in [-0.2, -0.15) is 0 Å². The Morgan fingerprint density at radius 2 is 1.50 bits per heavy atom. The van der Waals surface area contributed by atoms with Gasteiger partial charge in [0.1, 0.15) is 23.4 Å². The Kier molecular flexibility index (Phi) is 11.0. The highest BCUT2D eigenvalue weighted by Crippen LogP contribution is 2.74. The van der Waals surface area contributed by atoms with Crippen molar-refractivity contribution in [3.63, 3.8) is 0 Å². The zero-order chi connectivity index (χ0) is 43.7. The highest BCUT2D eigenvalue weighted by molar-refractivity contribution is 5.97. The van der Waals surface area contributed by atoms with Crippen molar-refractivity contribution in [3.05, 3.63) is 82.9 Å². The van der Waals surface area contributed by atoms with Crippen molar-refractivity contribution in [1.82, 2.24) is 5.32 Å². The van der Waals surface area contributed by atoms with Crippen molar-refractivity contribution in [1.29, 1.82) is 0 Å². The van der Waals surface area contributed by atoms with Gasteiger partial charge in [-0.15, -0.1) is 0 Å². The molecule has 12 atom stereocenters. The Morgan fingerprint density at radius 1 is 0.883 bits per heavy atom. The van der Waals surface area contributed by atoms with E-state index in [0.717, 1.165) is 6.92 Å². The number of ketones is 1. The minimum atomic E-state index is -2.18. The third kappa shape index (κ3) is 7.38. The van der Waals surface area contributed by atoms with E-state index in [0.29, 0.717) is 18.4 Å². The van der Waals surface area contributed by atoms with Gasteiger partial charge in [0.05, 0.1) is 23.6 Å². The van der Waals surface area contributed by atoms with Gasteiger partial charge in [0.15, 0.2) is 18.0 Å². The molecule has 3 saturated carbocycles. The molecule has 1 amide bonds. The second-order valence-electron chi connectivity index (χ2n) is 18.2. The summed E-state index contributed by atoms with van der Waals surface area (Å²) < 4.78 is 35.5. The summed E-state index contributed by atoms with van der Waals surface area (Å²) in [7, 11) is 0. The van der Waals surface area contributed by atoms with Gasteiger partial charge in [-0.1, -0.05) is 62.4 Å². The molecular formula is C45H53NO14. The Bertz CT molecular complexity index is 2090. The fourth-order valence-corrected chi connectivity index (χ4v) is 10.3. The van der Waals surface area contributed by atoms with Gasteiger partial charge < -0.3 is 44.0 Å². The van der Waals surface area contributed by atoms with E-state index in [9.17, 15) is 34.2 Å². The van der Waals surface area contributed by atoms with E-state index in [-0.39, 0.29) is 22.6 Å². The number of alkyl carbamates (subject to hydrolysis) is 1. The number of amides is 1. The molecule has 2 unspecified atom stereocenters. The average molecular weight is 832 g/mol. The lowest BCUT2D eigenvalue weighted by molar-refractivity contribution is -0.334. The molecule has 5 aliphatic rings. The molecule has 1 aliphatic heterocycles.